The van der Waals surface area contributed by atoms with Crippen LogP contribution in [0.5, 0.6) is 0 Å². The third kappa shape index (κ3) is 1.59. The molecule has 84 valence electrons. The molecule has 4 nitrogen and oxygen atoms in total. The van der Waals surface area contributed by atoms with Crippen LogP contribution in [0.3, 0.4) is 0 Å². The quantitative estimate of drug-likeness (QED) is 0.724. The van der Waals surface area contributed by atoms with E-state index in [4.69, 9.17) is 0 Å². The fourth-order valence-electron chi connectivity index (χ4n) is 1.91. The summed E-state index contributed by atoms with van der Waals surface area (Å²) in [5.74, 6) is 0.607. The summed E-state index contributed by atoms with van der Waals surface area (Å²) in [6.07, 6.45) is 3.55. The van der Waals surface area contributed by atoms with Crippen molar-refractivity contribution in [2.75, 3.05) is 0 Å². The van der Waals surface area contributed by atoms with E-state index >= 15 is 0 Å². The second-order valence-corrected chi connectivity index (χ2v) is 3.72. The standard InChI is InChI=1S/C13H11N3O/c17-9-11-12(10-5-2-1-3-6-10)15-13-14-7-4-8-16(11)13/h1-8,17H,9H2. The lowest BCUT2D eigenvalue weighted by molar-refractivity contribution is 0.276. The maximum absolute atomic E-state index is 9.48. The Morgan fingerprint density at radius 1 is 1.12 bits per heavy atom. The molecular formula is C13H11N3O. The van der Waals surface area contributed by atoms with Crippen molar-refractivity contribution in [2.24, 2.45) is 0 Å². The van der Waals surface area contributed by atoms with Crippen molar-refractivity contribution in [2.45, 2.75) is 6.61 Å². The molecular weight excluding hydrogens is 214 g/mol. The molecule has 3 rings (SSSR count). The Bertz CT molecular complexity index is 646. The Morgan fingerprint density at radius 3 is 2.71 bits per heavy atom. The van der Waals surface area contributed by atoms with Crippen LogP contribution >= 0.6 is 0 Å². The highest BCUT2D eigenvalue weighted by Gasteiger charge is 2.12. The van der Waals surface area contributed by atoms with E-state index in [1.54, 1.807) is 6.20 Å². The van der Waals surface area contributed by atoms with Gasteiger partial charge in [0.15, 0.2) is 0 Å². The number of imidazole rings is 1. The number of rotatable bonds is 2. The molecule has 0 amide bonds. The molecule has 0 radical (unpaired) electrons. The lowest BCUT2D eigenvalue weighted by atomic mass is 10.1. The number of hydrogen-bond donors (Lipinski definition) is 1. The second-order valence-electron chi connectivity index (χ2n) is 3.72. The minimum absolute atomic E-state index is 0.0584. The number of aliphatic hydroxyl groups is 1. The summed E-state index contributed by atoms with van der Waals surface area (Å²) in [5.41, 5.74) is 2.54. The first-order chi connectivity index (χ1) is 8.40. The van der Waals surface area contributed by atoms with Crippen molar-refractivity contribution in [1.29, 1.82) is 0 Å². The van der Waals surface area contributed by atoms with Crippen molar-refractivity contribution in [3.05, 3.63) is 54.5 Å². The van der Waals surface area contributed by atoms with E-state index in [1.807, 2.05) is 47.0 Å². The molecule has 0 aliphatic heterocycles. The molecule has 2 heterocycles. The summed E-state index contributed by atoms with van der Waals surface area (Å²) in [6.45, 7) is -0.0584. The molecule has 1 N–H and O–H groups in total. The van der Waals surface area contributed by atoms with E-state index in [-0.39, 0.29) is 6.61 Å². The highest BCUT2D eigenvalue weighted by molar-refractivity contribution is 5.65. The fourth-order valence-corrected chi connectivity index (χ4v) is 1.91. The molecule has 4 heteroatoms. The number of benzene rings is 1. The maximum atomic E-state index is 9.48. The molecule has 0 aliphatic rings. The molecule has 0 bridgehead atoms. The van der Waals surface area contributed by atoms with Gasteiger partial charge in [0.2, 0.25) is 5.78 Å². The summed E-state index contributed by atoms with van der Waals surface area (Å²) in [7, 11) is 0. The molecule has 0 atom stereocenters. The third-order valence-electron chi connectivity index (χ3n) is 2.70. The van der Waals surface area contributed by atoms with Crippen LogP contribution in [0.2, 0.25) is 0 Å². The summed E-state index contributed by atoms with van der Waals surface area (Å²) in [4.78, 5) is 8.62. The molecule has 1 aromatic carbocycles. The minimum Gasteiger partial charge on any atom is -0.390 e. The van der Waals surface area contributed by atoms with E-state index in [0.717, 1.165) is 17.0 Å². The molecule has 0 aliphatic carbocycles. The van der Waals surface area contributed by atoms with E-state index in [2.05, 4.69) is 9.97 Å². The van der Waals surface area contributed by atoms with E-state index in [1.165, 1.54) is 0 Å². The van der Waals surface area contributed by atoms with Gasteiger partial charge in [-0.1, -0.05) is 30.3 Å². The predicted octanol–water partition coefficient (Wildman–Crippen LogP) is 1.89. The first-order valence-electron chi connectivity index (χ1n) is 5.38. The van der Waals surface area contributed by atoms with Crippen LogP contribution in [0.1, 0.15) is 5.69 Å². The van der Waals surface area contributed by atoms with Crippen LogP contribution < -0.4 is 0 Å². The normalized spacial score (nSPS) is 10.9. The molecule has 0 spiro atoms. The smallest absolute Gasteiger partial charge is 0.234 e. The summed E-state index contributed by atoms with van der Waals surface area (Å²) < 4.78 is 1.81. The summed E-state index contributed by atoms with van der Waals surface area (Å²) in [6, 6.07) is 11.6. The predicted molar refractivity (Wildman–Crippen MR) is 64.3 cm³/mol. The average Bonchev–Trinajstić information content (AvgIpc) is 2.78. The second kappa shape index (κ2) is 3.99. The number of nitrogens with zero attached hydrogens (tertiary/aromatic N) is 3. The Hall–Kier alpha value is -2.20. The Morgan fingerprint density at radius 2 is 1.94 bits per heavy atom. The van der Waals surface area contributed by atoms with Gasteiger partial charge in [0.05, 0.1) is 18.0 Å². The first-order valence-corrected chi connectivity index (χ1v) is 5.38. The zero-order chi connectivity index (χ0) is 11.7. The highest BCUT2D eigenvalue weighted by atomic mass is 16.3. The molecule has 2 aromatic heterocycles. The van der Waals surface area contributed by atoms with E-state index in [9.17, 15) is 5.11 Å². The molecule has 17 heavy (non-hydrogen) atoms. The SMILES string of the molecule is OCc1c(-c2ccccc2)nc2ncccn12. The lowest BCUT2D eigenvalue weighted by Gasteiger charge is -2.00. The first kappa shape index (κ1) is 9.99. The Labute approximate surface area is 98.2 Å². The van der Waals surface area contributed by atoms with Crippen LogP contribution in [0.15, 0.2) is 48.8 Å². The van der Waals surface area contributed by atoms with Crippen LogP contribution in [-0.2, 0) is 6.61 Å². The topological polar surface area (TPSA) is 50.4 Å². The minimum atomic E-state index is -0.0584. The van der Waals surface area contributed by atoms with Gasteiger partial charge in [0, 0.05) is 18.0 Å². The van der Waals surface area contributed by atoms with Gasteiger partial charge in [0.25, 0.3) is 0 Å². The van der Waals surface area contributed by atoms with Gasteiger partial charge in [0.1, 0.15) is 0 Å². The van der Waals surface area contributed by atoms with E-state index in [0.29, 0.717) is 5.78 Å². The van der Waals surface area contributed by atoms with Crippen molar-refractivity contribution in [3.63, 3.8) is 0 Å². The summed E-state index contributed by atoms with van der Waals surface area (Å²) in [5, 5.41) is 9.48. The van der Waals surface area contributed by atoms with Crippen LogP contribution in [0.4, 0.5) is 0 Å². The fraction of sp³-hybridized carbons (Fsp3) is 0.0769. The Balaban J connectivity index is 2.30. The highest BCUT2D eigenvalue weighted by Crippen LogP contribution is 2.23. The van der Waals surface area contributed by atoms with Crippen LogP contribution in [-0.4, -0.2) is 19.5 Å². The van der Waals surface area contributed by atoms with E-state index < -0.39 is 0 Å². The van der Waals surface area contributed by atoms with Crippen molar-refractivity contribution >= 4 is 5.78 Å². The molecule has 0 unspecified atom stereocenters. The van der Waals surface area contributed by atoms with Crippen LogP contribution in [0.25, 0.3) is 17.0 Å². The van der Waals surface area contributed by atoms with Gasteiger partial charge in [-0.3, -0.25) is 4.40 Å². The monoisotopic (exact) mass is 225 g/mol. The molecule has 0 saturated heterocycles. The third-order valence-corrected chi connectivity index (χ3v) is 2.70. The zero-order valence-electron chi connectivity index (χ0n) is 9.11. The van der Waals surface area contributed by atoms with Gasteiger partial charge in [-0.2, -0.15) is 0 Å². The maximum Gasteiger partial charge on any atom is 0.234 e. The number of fused-ring (bicyclic) bond motifs is 1. The number of hydrogen-bond acceptors (Lipinski definition) is 3. The Kier molecular flexibility index (Phi) is 2.34. The largest absolute Gasteiger partial charge is 0.390 e. The van der Waals surface area contributed by atoms with Gasteiger partial charge in [-0.25, -0.2) is 9.97 Å². The molecule has 3 aromatic rings. The molecule has 0 fully saturated rings. The number of aromatic nitrogens is 3. The lowest BCUT2D eigenvalue weighted by Crippen LogP contribution is -1.94. The van der Waals surface area contributed by atoms with Gasteiger partial charge in [-0.05, 0) is 6.07 Å². The van der Waals surface area contributed by atoms with Crippen LogP contribution in [0, 0.1) is 0 Å². The van der Waals surface area contributed by atoms with Gasteiger partial charge in [-0.15, -0.1) is 0 Å². The molecule has 0 saturated carbocycles. The van der Waals surface area contributed by atoms with Gasteiger partial charge < -0.3 is 5.11 Å². The van der Waals surface area contributed by atoms with Crippen molar-refractivity contribution in [1.82, 2.24) is 14.4 Å². The zero-order valence-corrected chi connectivity index (χ0v) is 9.11. The van der Waals surface area contributed by atoms with Crippen molar-refractivity contribution < 1.29 is 5.11 Å². The van der Waals surface area contributed by atoms with Crippen molar-refractivity contribution in [3.8, 4) is 11.3 Å². The number of aliphatic hydroxyl groups excluding tert-OH is 1. The average molecular weight is 225 g/mol. The summed E-state index contributed by atoms with van der Waals surface area (Å²) >= 11 is 0. The van der Waals surface area contributed by atoms with Gasteiger partial charge >= 0.3 is 0 Å².